The first-order chi connectivity index (χ1) is 10.1. The number of hydrogen-bond acceptors (Lipinski definition) is 4. The molecule has 1 aromatic carbocycles. The number of nitrogens with zero attached hydrogens (tertiary/aromatic N) is 2. The van der Waals surface area contributed by atoms with Crippen molar-refractivity contribution in [3.05, 3.63) is 53.9 Å². The van der Waals surface area contributed by atoms with Gasteiger partial charge in [-0.05, 0) is 32.4 Å². The Balaban J connectivity index is 2.09. The van der Waals surface area contributed by atoms with Gasteiger partial charge in [0.25, 0.3) is 5.91 Å². The number of rotatable bonds is 5. The van der Waals surface area contributed by atoms with Crippen molar-refractivity contribution >= 4 is 11.9 Å². The first kappa shape index (κ1) is 15.0. The fourth-order valence-electron chi connectivity index (χ4n) is 1.91. The third-order valence-corrected chi connectivity index (χ3v) is 2.95. The molecule has 1 aromatic heterocycles. The number of nitrogens with one attached hydrogen (secondary N) is 2. The van der Waals surface area contributed by atoms with Gasteiger partial charge < -0.3 is 10.6 Å². The summed E-state index contributed by atoms with van der Waals surface area (Å²) in [4.78, 5) is 20.4. The van der Waals surface area contributed by atoms with Crippen LogP contribution in [-0.4, -0.2) is 21.9 Å². The van der Waals surface area contributed by atoms with Gasteiger partial charge in [0.15, 0.2) is 0 Å². The average Bonchev–Trinajstić information content (AvgIpc) is 2.47. The van der Waals surface area contributed by atoms with Crippen LogP contribution in [-0.2, 0) is 0 Å². The maximum Gasteiger partial charge on any atom is 0.270 e. The van der Waals surface area contributed by atoms with Gasteiger partial charge in [0.2, 0.25) is 5.95 Å². The van der Waals surface area contributed by atoms with Crippen molar-refractivity contribution < 1.29 is 4.79 Å². The molecule has 0 aliphatic carbocycles. The fraction of sp³-hybridized carbons (Fsp3) is 0.312. The summed E-state index contributed by atoms with van der Waals surface area (Å²) in [7, 11) is 0. The van der Waals surface area contributed by atoms with Gasteiger partial charge in [-0.15, -0.1) is 0 Å². The van der Waals surface area contributed by atoms with Gasteiger partial charge >= 0.3 is 0 Å². The van der Waals surface area contributed by atoms with E-state index in [1.807, 2.05) is 51.1 Å². The quantitative estimate of drug-likeness (QED) is 0.886. The highest BCUT2D eigenvalue weighted by Crippen LogP contribution is 2.16. The Kier molecular flexibility index (Phi) is 4.87. The molecule has 0 saturated carbocycles. The summed E-state index contributed by atoms with van der Waals surface area (Å²) in [6.45, 7) is 5.85. The second-order valence-corrected chi connectivity index (χ2v) is 5.17. The van der Waals surface area contributed by atoms with E-state index in [4.69, 9.17) is 0 Å². The summed E-state index contributed by atoms with van der Waals surface area (Å²) >= 11 is 0. The molecule has 0 aliphatic heterocycles. The number of aromatic nitrogens is 2. The van der Waals surface area contributed by atoms with Gasteiger partial charge in [-0.25, -0.2) is 9.97 Å². The van der Waals surface area contributed by atoms with Crippen molar-refractivity contribution in [3.63, 3.8) is 0 Å². The molecular weight excluding hydrogens is 264 g/mol. The zero-order valence-electron chi connectivity index (χ0n) is 12.5. The van der Waals surface area contributed by atoms with Crippen LogP contribution in [0, 0.1) is 0 Å². The first-order valence-electron chi connectivity index (χ1n) is 7.01. The Morgan fingerprint density at radius 3 is 2.48 bits per heavy atom. The third-order valence-electron chi connectivity index (χ3n) is 2.95. The maximum atomic E-state index is 11.9. The van der Waals surface area contributed by atoms with E-state index in [2.05, 4.69) is 20.6 Å². The van der Waals surface area contributed by atoms with Crippen LogP contribution in [0.15, 0.2) is 42.6 Å². The molecule has 1 amide bonds. The van der Waals surface area contributed by atoms with E-state index in [9.17, 15) is 4.79 Å². The van der Waals surface area contributed by atoms with E-state index in [1.54, 1.807) is 12.3 Å². The SMILES string of the molecule is CC(C)NC(=O)c1ccnc(NC(C)c2ccccc2)n1. The van der Waals surface area contributed by atoms with Gasteiger partial charge in [-0.3, -0.25) is 4.79 Å². The van der Waals surface area contributed by atoms with Gasteiger partial charge in [0.05, 0.1) is 6.04 Å². The molecule has 0 fully saturated rings. The Bertz CT molecular complexity index is 598. The largest absolute Gasteiger partial charge is 0.349 e. The molecule has 1 unspecified atom stereocenters. The molecule has 0 radical (unpaired) electrons. The Hall–Kier alpha value is -2.43. The van der Waals surface area contributed by atoms with Crippen molar-refractivity contribution in [1.29, 1.82) is 0 Å². The second kappa shape index (κ2) is 6.83. The lowest BCUT2D eigenvalue weighted by Gasteiger charge is -2.14. The minimum atomic E-state index is -0.192. The van der Waals surface area contributed by atoms with Crippen LogP contribution in [0.3, 0.4) is 0 Å². The molecule has 5 heteroatoms. The molecule has 0 spiro atoms. The molecule has 5 nitrogen and oxygen atoms in total. The first-order valence-corrected chi connectivity index (χ1v) is 7.01. The summed E-state index contributed by atoms with van der Waals surface area (Å²) < 4.78 is 0. The molecule has 110 valence electrons. The number of carbonyl (C=O) groups is 1. The van der Waals surface area contributed by atoms with Gasteiger partial charge in [0.1, 0.15) is 5.69 Å². The molecule has 2 rings (SSSR count). The minimum Gasteiger partial charge on any atom is -0.349 e. The molecular formula is C16H20N4O. The summed E-state index contributed by atoms with van der Waals surface area (Å²) in [6, 6.07) is 11.8. The van der Waals surface area contributed by atoms with Crippen LogP contribution >= 0.6 is 0 Å². The third kappa shape index (κ3) is 4.27. The van der Waals surface area contributed by atoms with E-state index in [0.717, 1.165) is 5.56 Å². The average molecular weight is 284 g/mol. The van der Waals surface area contributed by atoms with Gasteiger partial charge in [-0.2, -0.15) is 0 Å². The van der Waals surface area contributed by atoms with Gasteiger partial charge in [-0.1, -0.05) is 30.3 Å². The van der Waals surface area contributed by atoms with E-state index in [0.29, 0.717) is 11.6 Å². The molecule has 0 bridgehead atoms. The Labute approximate surface area is 124 Å². The van der Waals surface area contributed by atoms with Crippen LogP contribution in [0.5, 0.6) is 0 Å². The number of carbonyl (C=O) groups excluding carboxylic acids is 1. The standard InChI is InChI=1S/C16H20N4O/c1-11(2)18-15(21)14-9-10-17-16(20-14)19-12(3)13-7-5-4-6-8-13/h4-12H,1-3H3,(H,18,21)(H,17,19,20). The highest BCUT2D eigenvalue weighted by Gasteiger charge is 2.11. The molecule has 0 saturated heterocycles. The zero-order valence-corrected chi connectivity index (χ0v) is 12.5. The highest BCUT2D eigenvalue weighted by atomic mass is 16.1. The fourth-order valence-corrected chi connectivity index (χ4v) is 1.91. The lowest BCUT2D eigenvalue weighted by Crippen LogP contribution is -2.31. The van der Waals surface area contributed by atoms with Crippen molar-refractivity contribution in [2.45, 2.75) is 32.9 Å². The zero-order chi connectivity index (χ0) is 15.2. The predicted octanol–water partition coefficient (Wildman–Crippen LogP) is 2.79. The summed E-state index contributed by atoms with van der Waals surface area (Å²) in [6.07, 6.45) is 1.59. The van der Waals surface area contributed by atoms with E-state index >= 15 is 0 Å². The van der Waals surface area contributed by atoms with Gasteiger partial charge in [0, 0.05) is 12.2 Å². The molecule has 2 aromatic rings. The molecule has 1 atom stereocenters. The summed E-state index contributed by atoms with van der Waals surface area (Å²) in [5.41, 5.74) is 1.50. The van der Waals surface area contributed by atoms with Crippen molar-refractivity contribution in [1.82, 2.24) is 15.3 Å². The lowest BCUT2D eigenvalue weighted by molar-refractivity contribution is 0.0938. The predicted molar refractivity (Wildman–Crippen MR) is 83.1 cm³/mol. The monoisotopic (exact) mass is 284 g/mol. The van der Waals surface area contributed by atoms with Crippen LogP contribution in [0.25, 0.3) is 0 Å². The number of benzene rings is 1. The van der Waals surface area contributed by atoms with Crippen LogP contribution in [0.4, 0.5) is 5.95 Å². The summed E-state index contributed by atoms with van der Waals surface area (Å²) in [5.74, 6) is 0.255. The van der Waals surface area contributed by atoms with Crippen LogP contribution in [0.1, 0.15) is 42.9 Å². The second-order valence-electron chi connectivity index (χ2n) is 5.17. The van der Waals surface area contributed by atoms with Crippen LogP contribution < -0.4 is 10.6 Å². The molecule has 1 heterocycles. The number of hydrogen-bond donors (Lipinski definition) is 2. The van der Waals surface area contributed by atoms with E-state index < -0.39 is 0 Å². The van der Waals surface area contributed by atoms with Crippen molar-refractivity contribution in [2.24, 2.45) is 0 Å². The number of amides is 1. The smallest absolute Gasteiger partial charge is 0.270 e. The van der Waals surface area contributed by atoms with Crippen molar-refractivity contribution in [3.8, 4) is 0 Å². The highest BCUT2D eigenvalue weighted by molar-refractivity contribution is 5.92. The van der Waals surface area contributed by atoms with Crippen molar-refractivity contribution in [2.75, 3.05) is 5.32 Å². The molecule has 2 N–H and O–H groups in total. The Morgan fingerprint density at radius 2 is 1.81 bits per heavy atom. The minimum absolute atomic E-state index is 0.0645. The van der Waals surface area contributed by atoms with E-state index in [-0.39, 0.29) is 18.0 Å². The van der Waals surface area contributed by atoms with Crippen LogP contribution in [0.2, 0.25) is 0 Å². The lowest BCUT2D eigenvalue weighted by atomic mass is 10.1. The Morgan fingerprint density at radius 1 is 1.10 bits per heavy atom. The normalized spacial score (nSPS) is 12.0. The topological polar surface area (TPSA) is 66.9 Å². The van der Waals surface area contributed by atoms with E-state index in [1.165, 1.54) is 0 Å². The summed E-state index contributed by atoms with van der Waals surface area (Å²) in [5, 5.41) is 6.02. The maximum absolute atomic E-state index is 11.9. The molecule has 0 aliphatic rings. The molecule has 21 heavy (non-hydrogen) atoms. The number of anilines is 1.